The molecule has 1 atom stereocenters. The molecule has 0 amide bonds. The van der Waals surface area contributed by atoms with Gasteiger partial charge in [0.15, 0.2) is 5.11 Å². The van der Waals surface area contributed by atoms with Crippen LogP contribution in [0.15, 0.2) is 24.3 Å². The lowest BCUT2D eigenvalue weighted by Crippen LogP contribution is -2.31. The van der Waals surface area contributed by atoms with Crippen molar-refractivity contribution in [3.05, 3.63) is 45.8 Å². The van der Waals surface area contributed by atoms with Crippen molar-refractivity contribution in [2.45, 2.75) is 38.6 Å². The second-order valence-corrected chi connectivity index (χ2v) is 8.01. The van der Waals surface area contributed by atoms with Gasteiger partial charge in [-0.2, -0.15) is 0 Å². The fraction of sp³-hybridized carbons (Fsp3) is 0.400. The van der Waals surface area contributed by atoms with E-state index < -0.39 is 0 Å². The summed E-state index contributed by atoms with van der Waals surface area (Å²) in [4.78, 5) is 13.6. The summed E-state index contributed by atoms with van der Waals surface area (Å²) in [7, 11) is 3.07. The number of ether oxygens (including phenoxy) is 2. The third-order valence-corrected chi connectivity index (χ3v) is 6.18. The van der Waals surface area contributed by atoms with Crippen LogP contribution in [-0.4, -0.2) is 25.3 Å². The number of nitrogens with one attached hydrogen (secondary N) is 2. The lowest BCUT2D eigenvalue weighted by molar-refractivity contribution is 0.0601. The van der Waals surface area contributed by atoms with E-state index in [1.165, 1.54) is 12.0 Å². The summed E-state index contributed by atoms with van der Waals surface area (Å²) in [5, 5.41) is 7.76. The molecule has 0 aliphatic heterocycles. The van der Waals surface area contributed by atoms with Crippen LogP contribution in [0, 0.1) is 0 Å². The fourth-order valence-corrected chi connectivity index (χ4v) is 4.91. The summed E-state index contributed by atoms with van der Waals surface area (Å²) in [5.74, 6) is 0.515. The van der Waals surface area contributed by atoms with Gasteiger partial charge in [-0.15, -0.1) is 11.3 Å². The van der Waals surface area contributed by atoms with E-state index in [2.05, 4.69) is 10.6 Å². The van der Waals surface area contributed by atoms with E-state index >= 15 is 0 Å². The zero-order chi connectivity index (χ0) is 19.4. The van der Waals surface area contributed by atoms with Gasteiger partial charge in [0.25, 0.3) is 0 Å². The summed E-state index contributed by atoms with van der Waals surface area (Å²) in [6.45, 7) is 2.04. The number of hydrogen-bond donors (Lipinski definition) is 2. The van der Waals surface area contributed by atoms with Crippen molar-refractivity contribution in [1.29, 1.82) is 0 Å². The average Bonchev–Trinajstić information content (AvgIpc) is 3.04. The first-order chi connectivity index (χ1) is 13.0. The molecule has 1 aliphatic carbocycles. The molecule has 27 heavy (non-hydrogen) atoms. The molecule has 0 spiro atoms. The number of thiophene rings is 1. The zero-order valence-electron chi connectivity index (χ0n) is 15.8. The average molecular weight is 405 g/mol. The molecule has 1 aromatic heterocycles. The summed E-state index contributed by atoms with van der Waals surface area (Å²) < 4.78 is 10.2. The van der Waals surface area contributed by atoms with Crippen molar-refractivity contribution in [3.8, 4) is 5.75 Å². The number of carbonyl (C=O) groups is 1. The van der Waals surface area contributed by atoms with Crippen molar-refractivity contribution in [2.24, 2.45) is 0 Å². The molecular weight excluding hydrogens is 380 g/mol. The Morgan fingerprint density at radius 2 is 1.89 bits per heavy atom. The maximum atomic E-state index is 12.3. The van der Waals surface area contributed by atoms with Crippen molar-refractivity contribution >= 4 is 39.6 Å². The molecule has 5 nitrogen and oxygen atoms in total. The first-order valence-corrected chi connectivity index (χ1v) is 10.2. The van der Waals surface area contributed by atoms with Crippen LogP contribution in [0.25, 0.3) is 0 Å². The van der Waals surface area contributed by atoms with E-state index in [0.717, 1.165) is 47.6 Å². The number of carbonyl (C=O) groups excluding carboxylic acids is 1. The number of esters is 1. The van der Waals surface area contributed by atoms with Crippen LogP contribution in [-0.2, 0) is 17.6 Å². The molecule has 3 rings (SSSR count). The van der Waals surface area contributed by atoms with Gasteiger partial charge < -0.3 is 20.1 Å². The van der Waals surface area contributed by atoms with Crippen molar-refractivity contribution in [2.75, 3.05) is 19.5 Å². The van der Waals surface area contributed by atoms with E-state index in [4.69, 9.17) is 21.7 Å². The van der Waals surface area contributed by atoms with Gasteiger partial charge in [-0.05, 0) is 68.1 Å². The Hall–Kier alpha value is -2.12. The number of anilines is 1. The zero-order valence-corrected chi connectivity index (χ0v) is 17.4. The summed E-state index contributed by atoms with van der Waals surface area (Å²) >= 11 is 7.10. The second kappa shape index (κ2) is 8.71. The first-order valence-electron chi connectivity index (χ1n) is 8.97. The van der Waals surface area contributed by atoms with Crippen LogP contribution in [0.1, 0.15) is 52.2 Å². The van der Waals surface area contributed by atoms with Crippen LogP contribution < -0.4 is 15.4 Å². The minimum atomic E-state index is -0.303. The number of benzene rings is 1. The molecule has 2 N–H and O–H groups in total. The minimum Gasteiger partial charge on any atom is -0.497 e. The van der Waals surface area contributed by atoms with Gasteiger partial charge in [0, 0.05) is 4.88 Å². The van der Waals surface area contributed by atoms with Gasteiger partial charge >= 0.3 is 5.97 Å². The van der Waals surface area contributed by atoms with E-state index in [1.54, 1.807) is 18.4 Å². The molecule has 144 valence electrons. The lowest BCUT2D eigenvalue weighted by Gasteiger charge is -2.17. The highest BCUT2D eigenvalue weighted by Gasteiger charge is 2.26. The highest BCUT2D eigenvalue weighted by molar-refractivity contribution is 7.80. The Balaban J connectivity index is 1.73. The van der Waals surface area contributed by atoms with Gasteiger partial charge in [0.2, 0.25) is 0 Å². The van der Waals surface area contributed by atoms with Gasteiger partial charge in [0.1, 0.15) is 10.8 Å². The molecule has 0 saturated carbocycles. The van der Waals surface area contributed by atoms with Crippen LogP contribution in [0.2, 0.25) is 0 Å². The first kappa shape index (κ1) is 19.6. The number of fused-ring (bicyclic) bond motifs is 1. The molecule has 0 bridgehead atoms. The number of methoxy groups -OCH3 is 2. The van der Waals surface area contributed by atoms with E-state index in [9.17, 15) is 4.79 Å². The lowest BCUT2D eigenvalue weighted by atomic mass is 9.95. The van der Waals surface area contributed by atoms with Gasteiger partial charge in [-0.1, -0.05) is 12.1 Å². The Morgan fingerprint density at radius 1 is 1.19 bits per heavy atom. The number of aryl methyl sites for hydroxylation is 1. The Morgan fingerprint density at radius 3 is 2.56 bits per heavy atom. The highest BCUT2D eigenvalue weighted by Crippen LogP contribution is 2.38. The monoisotopic (exact) mass is 404 g/mol. The topological polar surface area (TPSA) is 59.6 Å². The van der Waals surface area contributed by atoms with Gasteiger partial charge in [-0.25, -0.2) is 4.79 Å². The Labute approximate surface area is 169 Å². The Kier molecular flexibility index (Phi) is 6.34. The van der Waals surface area contributed by atoms with Crippen LogP contribution in [0.4, 0.5) is 5.00 Å². The number of hydrogen-bond acceptors (Lipinski definition) is 5. The van der Waals surface area contributed by atoms with Gasteiger partial charge in [0.05, 0.1) is 25.8 Å². The predicted octanol–water partition coefficient (Wildman–Crippen LogP) is 4.47. The highest BCUT2D eigenvalue weighted by atomic mass is 32.1. The van der Waals surface area contributed by atoms with Crippen molar-refractivity contribution < 1.29 is 14.3 Å². The van der Waals surface area contributed by atoms with E-state index in [0.29, 0.717) is 10.7 Å². The summed E-state index contributed by atoms with van der Waals surface area (Å²) in [5.41, 5.74) is 2.85. The second-order valence-electron chi connectivity index (χ2n) is 6.50. The van der Waals surface area contributed by atoms with E-state index in [1.807, 2.05) is 31.2 Å². The van der Waals surface area contributed by atoms with E-state index in [-0.39, 0.29) is 12.0 Å². The molecule has 2 aromatic rings. The van der Waals surface area contributed by atoms with Crippen LogP contribution in [0.3, 0.4) is 0 Å². The van der Waals surface area contributed by atoms with Crippen LogP contribution >= 0.6 is 23.6 Å². The summed E-state index contributed by atoms with van der Waals surface area (Å²) in [6, 6.07) is 7.87. The fourth-order valence-electron chi connectivity index (χ4n) is 3.28. The third kappa shape index (κ3) is 4.42. The van der Waals surface area contributed by atoms with Crippen molar-refractivity contribution in [1.82, 2.24) is 5.32 Å². The normalized spacial score (nSPS) is 14.0. The largest absolute Gasteiger partial charge is 0.497 e. The smallest absolute Gasteiger partial charge is 0.341 e. The molecule has 1 heterocycles. The molecule has 1 aliphatic rings. The maximum absolute atomic E-state index is 12.3. The minimum absolute atomic E-state index is 0.0204. The molecule has 1 aromatic carbocycles. The number of thiocarbonyl (C=S) groups is 1. The van der Waals surface area contributed by atoms with Gasteiger partial charge in [-0.3, -0.25) is 0 Å². The number of rotatable bonds is 5. The molecule has 0 fully saturated rings. The molecular formula is C20H24N2O3S2. The molecule has 0 radical (unpaired) electrons. The maximum Gasteiger partial charge on any atom is 0.341 e. The SMILES string of the molecule is COC(=O)c1c(NC(=S)NC(C)c2ccc(OC)cc2)sc2c1CCCC2. The molecule has 1 unspecified atom stereocenters. The molecule has 7 heteroatoms. The quantitative estimate of drug-likeness (QED) is 0.566. The third-order valence-electron chi connectivity index (χ3n) is 4.75. The predicted molar refractivity (Wildman–Crippen MR) is 113 cm³/mol. The summed E-state index contributed by atoms with van der Waals surface area (Å²) in [6.07, 6.45) is 4.18. The molecule has 0 saturated heterocycles. The standard InChI is InChI=1S/C20H24N2O3S2/c1-12(13-8-10-14(24-2)11-9-13)21-20(26)22-18-17(19(23)25-3)15-6-4-5-7-16(15)27-18/h8-12H,4-7H2,1-3H3,(H2,21,22,26). The van der Waals surface area contributed by atoms with Crippen molar-refractivity contribution in [3.63, 3.8) is 0 Å². The Bertz CT molecular complexity index is 830. The van der Waals surface area contributed by atoms with Crippen LogP contribution in [0.5, 0.6) is 5.75 Å².